The lowest BCUT2D eigenvalue weighted by Crippen LogP contribution is -2.24. The van der Waals surface area contributed by atoms with Gasteiger partial charge in [-0.3, -0.25) is 4.90 Å². The minimum absolute atomic E-state index is 0.182. The zero-order valence-electron chi connectivity index (χ0n) is 8.28. The Morgan fingerprint density at radius 3 is 2.50 bits per heavy atom. The first-order valence-electron chi connectivity index (χ1n) is 4.88. The molecule has 14 heavy (non-hydrogen) atoms. The predicted molar refractivity (Wildman–Crippen MR) is 54.4 cm³/mol. The SMILES string of the molecule is CN1CC(N)CC1c1ccc(F)cc1. The summed E-state index contributed by atoms with van der Waals surface area (Å²) in [5, 5.41) is 0. The topological polar surface area (TPSA) is 29.3 Å². The van der Waals surface area contributed by atoms with Crippen molar-refractivity contribution in [3.8, 4) is 0 Å². The summed E-state index contributed by atoms with van der Waals surface area (Å²) >= 11 is 0. The highest BCUT2D eigenvalue weighted by atomic mass is 19.1. The van der Waals surface area contributed by atoms with Gasteiger partial charge in [0.1, 0.15) is 5.82 Å². The monoisotopic (exact) mass is 194 g/mol. The summed E-state index contributed by atoms with van der Waals surface area (Å²) in [6.07, 6.45) is 0.960. The number of nitrogens with zero attached hydrogens (tertiary/aromatic N) is 1. The standard InChI is InChI=1S/C11H15FN2/c1-14-7-10(13)6-11(14)8-2-4-9(12)5-3-8/h2-5,10-11H,6-7,13H2,1H3. The fourth-order valence-corrected chi connectivity index (χ4v) is 2.11. The van der Waals surface area contributed by atoms with E-state index in [0.717, 1.165) is 18.5 Å². The lowest BCUT2D eigenvalue weighted by molar-refractivity contribution is 0.316. The van der Waals surface area contributed by atoms with Gasteiger partial charge in [-0.2, -0.15) is 0 Å². The molecule has 3 heteroatoms. The van der Waals surface area contributed by atoms with Crippen molar-refractivity contribution in [3.05, 3.63) is 35.6 Å². The second-order valence-electron chi connectivity index (χ2n) is 4.00. The van der Waals surface area contributed by atoms with Crippen LogP contribution in [-0.4, -0.2) is 24.5 Å². The van der Waals surface area contributed by atoms with E-state index in [-0.39, 0.29) is 11.9 Å². The van der Waals surface area contributed by atoms with E-state index >= 15 is 0 Å². The van der Waals surface area contributed by atoms with Gasteiger partial charge < -0.3 is 5.73 Å². The Morgan fingerprint density at radius 2 is 2.00 bits per heavy atom. The summed E-state index contributed by atoms with van der Waals surface area (Å²) in [5.74, 6) is -0.182. The molecule has 1 saturated heterocycles. The van der Waals surface area contributed by atoms with E-state index < -0.39 is 0 Å². The number of likely N-dealkylation sites (N-methyl/N-ethyl adjacent to an activating group) is 1. The molecule has 0 aromatic heterocycles. The van der Waals surface area contributed by atoms with Gasteiger partial charge in [0.15, 0.2) is 0 Å². The second kappa shape index (κ2) is 3.67. The molecule has 0 bridgehead atoms. The molecular formula is C11H15FN2. The van der Waals surface area contributed by atoms with Gasteiger partial charge in [-0.15, -0.1) is 0 Å². The summed E-state index contributed by atoms with van der Waals surface area (Å²) in [6, 6.07) is 7.30. The van der Waals surface area contributed by atoms with Crippen LogP contribution < -0.4 is 5.73 Å². The van der Waals surface area contributed by atoms with E-state index in [9.17, 15) is 4.39 Å². The van der Waals surface area contributed by atoms with Crippen molar-refractivity contribution in [2.24, 2.45) is 5.73 Å². The van der Waals surface area contributed by atoms with Gasteiger partial charge in [0, 0.05) is 18.6 Å². The number of likely N-dealkylation sites (tertiary alicyclic amines) is 1. The van der Waals surface area contributed by atoms with E-state index in [1.54, 1.807) is 0 Å². The van der Waals surface area contributed by atoms with Crippen molar-refractivity contribution >= 4 is 0 Å². The van der Waals surface area contributed by atoms with E-state index in [0.29, 0.717) is 6.04 Å². The summed E-state index contributed by atoms with van der Waals surface area (Å²) < 4.78 is 12.7. The predicted octanol–water partition coefficient (Wildman–Crippen LogP) is 1.53. The quantitative estimate of drug-likeness (QED) is 0.734. The average Bonchev–Trinajstić information content (AvgIpc) is 2.47. The van der Waals surface area contributed by atoms with Gasteiger partial charge >= 0.3 is 0 Å². The van der Waals surface area contributed by atoms with Crippen LogP contribution in [0.4, 0.5) is 4.39 Å². The van der Waals surface area contributed by atoms with Crippen molar-refractivity contribution in [2.45, 2.75) is 18.5 Å². The van der Waals surface area contributed by atoms with Gasteiger partial charge in [-0.25, -0.2) is 4.39 Å². The van der Waals surface area contributed by atoms with Crippen LogP contribution in [0.3, 0.4) is 0 Å². The molecule has 2 atom stereocenters. The molecule has 2 unspecified atom stereocenters. The van der Waals surface area contributed by atoms with Crippen molar-refractivity contribution in [1.29, 1.82) is 0 Å². The molecule has 76 valence electrons. The molecule has 1 aromatic carbocycles. The molecule has 0 radical (unpaired) electrons. The third-order valence-electron chi connectivity index (χ3n) is 2.84. The van der Waals surface area contributed by atoms with E-state index in [4.69, 9.17) is 5.73 Å². The fraction of sp³-hybridized carbons (Fsp3) is 0.455. The van der Waals surface area contributed by atoms with E-state index in [1.165, 1.54) is 12.1 Å². The number of hydrogen-bond donors (Lipinski definition) is 1. The average molecular weight is 194 g/mol. The number of nitrogens with two attached hydrogens (primary N) is 1. The van der Waals surface area contributed by atoms with Gasteiger partial charge in [0.25, 0.3) is 0 Å². The minimum atomic E-state index is -0.182. The second-order valence-corrected chi connectivity index (χ2v) is 4.00. The third kappa shape index (κ3) is 1.79. The molecule has 2 nitrogen and oxygen atoms in total. The maximum atomic E-state index is 12.7. The number of hydrogen-bond acceptors (Lipinski definition) is 2. The Balaban J connectivity index is 2.19. The molecule has 1 heterocycles. The highest BCUT2D eigenvalue weighted by molar-refractivity contribution is 5.21. The molecule has 0 saturated carbocycles. The third-order valence-corrected chi connectivity index (χ3v) is 2.84. The first-order valence-corrected chi connectivity index (χ1v) is 4.88. The van der Waals surface area contributed by atoms with Crippen LogP contribution in [0.15, 0.2) is 24.3 Å². The van der Waals surface area contributed by atoms with Gasteiger partial charge in [0.2, 0.25) is 0 Å². The van der Waals surface area contributed by atoms with Crippen molar-refractivity contribution in [2.75, 3.05) is 13.6 Å². The van der Waals surface area contributed by atoms with Crippen LogP contribution >= 0.6 is 0 Å². The highest BCUT2D eigenvalue weighted by Crippen LogP contribution is 2.29. The Kier molecular flexibility index (Phi) is 2.52. The lowest BCUT2D eigenvalue weighted by atomic mass is 10.0. The normalized spacial score (nSPS) is 28.2. The fourth-order valence-electron chi connectivity index (χ4n) is 2.11. The molecule has 1 aliphatic rings. The summed E-state index contributed by atoms with van der Waals surface area (Å²) in [7, 11) is 2.06. The van der Waals surface area contributed by atoms with E-state index in [2.05, 4.69) is 11.9 Å². The van der Waals surface area contributed by atoms with Crippen LogP contribution in [-0.2, 0) is 0 Å². The van der Waals surface area contributed by atoms with Crippen LogP contribution in [0.25, 0.3) is 0 Å². The Labute approximate surface area is 83.5 Å². The Hall–Kier alpha value is -0.930. The maximum Gasteiger partial charge on any atom is 0.123 e. The summed E-state index contributed by atoms with van der Waals surface area (Å²) in [6.45, 7) is 0.919. The molecular weight excluding hydrogens is 179 g/mol. The maximum absolute atomic E-state index is 12.7. The molecule has 0 spiro atoms. The molecule has 2 N–H and O–H groups in total. The zero-order valence-corrected chi connectivity index (χ0v) is 8.28. The van der Waals surface area contributed by atoms with Gasteiger partial charge in [0.05, 0.1) is 0 Å². The van der Waals surface area contributed by atoms with Gasteiger partial charge in [-0.05, 0) is 31.2 Å². The molecule has 0 amide bonds. The lowest BCUT2D eigenvalue weighted by Gasteiger charge is -2.19. The molecule has 1 aromatic rings. The zero-order chi connectivity index (χ0) is 10.1. The molecule has 1 aliphatic heterocycles. The largest absolute Gasteiger partial charge is 0.326 e. The Bertz CT molecular complexity index is 310. The van der Waals surface area contributed by atoms with Crippen molar-refractivity contribution < 1.29 is 4.39 Å². The van der Waals surface area contributed by atoms with Crippen LogP contribution in [0.5, 0.6) is 0 Å². The number of rotatable bonds is 1. The molecule has 1 fully saturated rings. The highest BCUT2D eigenvalue weighted by Gasteiger charge is 2.27. The van der Waals surface area contributed by atoms with Crippen LogP contribution in [0.1, 0.15) is 18.0 Å². The summed E-state index contributed by atoms with van der Waals surface area (Å²) in [5.41, 5.74) is 7.02. The molecule has 0 aliphatic carbocycles. The first kappa shape index (κ1) is 9.62. The van der Waals surface area contributed by atoms with Gasteiger partial charge in [-0.1, -0.05) is 12.1 Å². The van der Waals surface area contributed by atoms with Crippen LogP contribution in [0, 0.1) is 5.82 Å². The summed E-state index contributed by atoms with van der Waals surface area (Å²) in [4.78, 5) is 2.22. The van der Waals surface area contributed by atoms with Crippen LogP contribution in [0.2, 0.25) is 0 Å². The molecule has 2 rings (SSSR count). The number of halogens is 1. The smallest absolute Gasteiger partial charge is 0.123 e. The van der Waals surface area contributed by atoms with E-state index in [1.807, 2.05) is 12.1 Å². The van der Waals surface area contributed by atoms with Crippen molar-refractivity contribution in [3.63, 3.8) is 0 Å². The van der Waals surface area contributed by atoms with Crippen molar-refractivity contribution in [1.82, 2.24) is 4.90 Å². The number of benzene rings is 1. The Morgan fingerprint density at radius 1 is 1.36 bits per heavy atom. The minimum Gasteiger partial charge on any atom is -0.326 e. The first-order chi connectivity index (χ1) is 6.66.